The van der Waals surface area contributed by atoms with Gasteiger partial charge in [-0.2, -0.15) is 5.10 Å². The van der Waals surface area contributed by atoms with Crippen LogP contribution >= 0.6 is 11.3 Å². The maximum atomic E-state index is 12.1. The van der Waals surface area contributed by atoms with Gasteiger partial charge in [-0.15, -0.1) is 11.3 Å². The van der Waals surface area contributed by atoms with Crippen LogP contribution in [-0.4, -0.2) is 28.2 Å². The van der Waals surface area contributed by atoms with Crippen molar-refractivity contribution in [3.05, 3.63) is 47.6 Å². The number of H-pyrrole nitrogens is 1. The number of para-hydroxylation sites is 1. The molecule has 0 saturated carbocycles. The molecular formula is C14H12N4O2S. The minimum Gasteiger partial charge on any atom is -0.496 e. The second kappa shape index (κ2) is 5.76. The highest BCUT2D eigenvalue weighted by atomic mass is 32.1. The normalized spacial score (nSPS) is 10.3. The van der Waals surface area contributed by atoms with E-state index in [0.717, 1.165) is 5.56 Å². The summed E-state index contributed by atoms with van der Waals surface area (Å²) in [5.41, 5.74) is 1.84. The molecule has 6 nitrogen and oxygen atoms in total. The van der Waals surface area contributed by atoms with E-state index in [-0.39, 0.29) is 5.91 Å². The first-order chi connectivity index (χ1) is 10.3. The van der Waals surface area contributed by atoms with E-state index in [1.807, 2.05) is 24.3 Å². The fraction of sp³-hybridized carbons (Fsp3) is 0.0714. The Hall–Kier alpha value is -2.67. The Labute approximate surface area is 124 Å². The second-order valence-corrected chi connectivity index (χ2v) is 5.05. The SMILES string of the molecule is COc1ccccc1-c1cc(C(=O)Nc2nccs2)[nH]n1. The zero-order valence-corrected chi connectivity index (χ0v) is 12.0. The van der Waals surface area contributed by atoms with Gasteiger partial charge in [0.05, 0.1) is 12.8 Å². The molecular weight excluding hydrogens is 288 g/mol. The first-order valence-electron chi connectivity index (χ1n) is 6.17. The summed E-state index contributed by atoms with van der Waals surface area (Å²) in [6, 6.07) is 9.19. The van der Waals surface area contributed by atoms with Crippen LogP contribution in [0.1, 0.15) is 10.5 Å². The van der Waals surface area contributed by atoms with Gasteiger partial charge in [0, 0.05) is 17.1 Å². The highest BCUT2D eigenvalue weighted by molar-refractivity contribution is 7.13. The Morgan fingerprint density at radius 3 is 3.00 bits per heavy atom. The van der Waals surface area contributed by atoms with Crippen LogP contribution in [0.15, 0.2) is 41.9 Å². The lowest BCUT2D eigenvalue weighted by Crippen LogP contribution is -2.11. The predicted octanol–water partition coefficient (Wildman–Crippen LogP) is 2.79. The number of methoxy groups -OCH3 is 1. The quantitative estimate of drug-likeness (QED) is 0.776. The van der Waals surface area contributed by atoms with Crippen molar-refractivity contribution in [2.75, 3.05) is 12.4 Å². The first kappa shape index (κ1) is 13.3. The molecule has 2 heterocycles. The largest absolute Gasteiger partial charge is 0.496 e. The maximum absolute atomic E-state index is 12.1. The van der Waals surface area contributed by atoms with E-state index in [9.17, 15) is 4.79 Å². The third-order valence-corrected chi connectivity index (χ3v) is 3.55. The average molecular weight is 300 g/mol. The van der Waals surface area contributed by atoms with Crippen molar-refractivity contribution in [3.8, 4) is 17.0 Å². The van der Waals surface area contributed by atoms with Crippen LogP contribution in [0.4, 0.5) is 5.13 Å². The monoisotopic (exact) mass is 300 g/mol. The van der Waals surface area contributed by atoms with Crippen LogP contribution in [0.25, 0.3) is 11.3 Å². The molecule has 21 heavy (non-hydrogen) atoms. The summed E-state index contributed by atoms with van der Waals surface area (Å²) >= 11 is 1.36. The zero-order valence-electron chi connectivity index (χ0n) is 11.2. The van der Waals surface area contributed by atoms with Gasteiger partial charge in [-0.1, -0.05) is 12.1 Å². The number of aromatic nitrogens is 3. The lowest BCUT2D eigenvalue weighted by Gasteiger charge is -2.04. The van der Waals surface area contributed by atoms with Crippen molar-refractivity contribution >= 4 is 22.4 Å². The van der Waals surface area contributed by atoms with Crippen molar-refractivity contribution in [2.24, 2.45) is 0 Å². The fourth-order valence-electron chi connectivity index (χ4n) is 1.88. The van der Waals surface area contributed by atoms with E-state index in [4.69, 9.17) is 4.74 Å². The number of aromatic amines is 1. The van der Waals surface area contributed by atoms with E-state index in [2.05, 4.69) is 20.5 Å². The van der Waals surface area contributed by atoms with Gasteiger partial charge in [0.1, 0.15) is 11.4 Å². The van der Waals surface area contributed by atoms with Crippen LogP contribution in [-0.2, 0) is 0 Å². The van der Waals surface area contributed by atoms with Gasteiger partial charge in [-0.3, -0.25) is 15.2 Å². The van der Waals surface area contributed by atoms with Crippen LogP contribution < -0.4 is 10.1 Å². The number of nitrogens with one attached hydrogen (secondary N) is 2. The molecule has 0 aliphatic carbocycles. The molecule has 0 bridgehead atoms. The number of amides is 1. The first-order valence-corrected chi connectivity index (χ1v) is 7.05. The molecule has 1 amide bonds. The van der Waals surface area contributed by atoms with Crippen LogP contribution in [0.3, 0.4) is 0 Å². The van der Waals surface area contributed by atoms with Crippen molar-refractivity contribution in [3.63, 3.8) is 0 Å². The number of ether oxygens (including phenoxy) is 1. The minimum absolute atomic E-state index is 0.279. The summed E-state index contributed by atoms with van der Waals surface area (Å²) in [7, 11) is 1.60. The molecule has 106 valence electrons. The van der Waals surface area contributed by atoms with E-state index >= 15 is 0 Å². The highest BCUT2D eigenvalue weighted by Crippen LogP contribution is 2.28. The number of carbonyl (C=O) groups is 1. The van der Waals surface area contributed by atoms with Gasteiger partial charge in [0.25, 0.3) is 5.91 Å². The van der Waals surface area contributed by atoms with Gasteiger partial charge < -0.3 is 4.74 Å². The highest BCUT2D eigenvalue weighted by Gasteiger charge is 2.14. The topological polar surface area (TPSA) is 79.9 Å². The summed E-state index contributed by atoms with van der Waals surface area (Å²) in [5.74, 6) is 0.425. The van der Waals surface area contributed by atoms with Crippen LogP contribution in [0.2, 0.25) is 0 Å². The minimum atomic E-state index is -0.279. The average Bonchev–Trinajstić information content (AvgIpc) is 3.18. The number of hydrogen-bond acceptors (Lipinski definition) is 5. The number of benzene rings is 1. The Morgan fingerprint density at radius 2 is 2.24 bits per heavy atom. The molecule has 3 rings (SSSR count). The summed E-state index contributed by atoms with van der Waals surface area (Å²) in [6.07, 6.45) is 1.63. The van der Waals surface area contributed by atoms with Gasteiger partial charge in [0.2, 0.25) is 0 Å². The molecule has 7 heteroatoms. The van der Waals surface area contributed by atoms with Gasteiger partial charge in [-0.05, 0) is 18.2 Å². The molecule has 0 spiro atoms. The number of nitrogens with zero attached hydrogens (tertiary/aromatic N) is 2. The number of hydrogen-bond donors (Lipinski definition) is 2. The van der Waals surface area contributed by atoms with Crippen molar-refractivity contribution in [1.29, 1.82) is 0 Å². The Kier molecular flexibility index (Phi) is 3.65. The van der Waals surface area contributed by atoms with Crippen molar-refractivity contribution < 1.29 is 9.53 Å². The van der Waals surface area contributed by atoms with E-state index in [1.165, 1.54) is 11.3 Å². The summed E-state index contributed by atoms with van der Waals surface area (Å²) in [4.78, 5) is 16.1. The molecule has 1 aromatic carbocycles. The lowest BCUT2D eigenvalue weighted by atomic mass is 10.1. The number of anilines is 1. The molecule has 0 atom stereocenters. The molecule has 0 radical (unpaired) electrons. The van der Waals surface area contributed by atoms with E-state index in [1.54, 1.807) is 24.8 Å². The molecule has 0 aliphatic rings. The third kappa shape index (κ3) is 2.77. The van der Waals surface area contributed by atoms with Gasteiger partial charge in [-0.25, -0.2) is 4.98 Å². The maximum Gasteiger partial charge on any atom is 0.275 e. The number of rotatable bonds is 4. The summed E-state index contributed by atoms with van der Waals surface area (Å²) in [6.45, 7) is 0. The summed E-state index contributed by atoms with van der Waals surface area (Å²) in [5, 5.41) is 11.9. The molecule has 3 aromatic rings. The van der Waals surface area contributed by atoms with Crippen LogP contribution in [0.5, 0.6) is 5.75 Å². The standard InChI is InChI=1S/C14H12N4O2S/c1-20-12-5-3-2-4-9(12)10-8-11(18-17-10)13(19)16-14-15-6-7-21-14/h2-8H,1H3,(H,17,18)(H,15,16,19). The van der Waals surface area contributed by atoms with Gasteiger partial charge >= 0.3 is 0 Å². The Bertz CT molecular complexity index is 752. The van der Waals surface area contributed by atoms with Crippen molar-refractivity contribution in [2.45, 2.75) is 0 Å². The predicted molar refractivity (Wildman–Crippen MR) is 80.6 cm³/mol. The van der Waals surface area contributed by atoms with Gasteiger partial charge in [0.15, 0.2) is 5.13 Å². The number of thiazole rings is 1. The van der Waals surface area contributed by atoms with E-state index < -0.39 is 0 Å². The summed E-state index contributed by atoms with van der Waals surface area (Å²) < 4.78 is 5.29. The Balaban J connectivity index is 1.84. The second-order valence-electron chi connectivity index (χ2n) is 4.16. The zero-order chi connectivity index (χ0) is 14.7. The van der Waals surface area contributed by atoms with Crippen LogP contribution in [0, 0.1) is 0 Å². The third-order valence-electron chi connectivity index (χ3n) is 2.86. The molecule has 0 unspecified atom stereocenters. The fourth-order valence-corrected chi connectivity index (χ4v) is 2.41. The number of carbonyl (C=O) groups excluding carboxylic acids is 1. The Morgan fingerprint density at radius 1 is 1.38 bits per heavy atom. The lowest BCUT2D eigenvalue weighted by molar-refractivity contribution is 0.102. The van der Waals surface area contributed by atoms with Crippen molar-refractivity contribution in [1.82, 2.24) is 15.2 Å². The molecule has 0 saturated heterocycles. The smallest absolute Gasteiger partial charge is 0.275 e. The van der Waals surface area contributed by atoms with E-state index in [0.29, 0.717) is 22.3 Å². The molecule has 0 aliphatic heterocycles. The molecule has 0 fully saturated rings. The molecule has 2 aromatic heterocycles. The molecule has 2 N–H and O–H groups in total.